The molecule has 2 aromatic rings. The lowest BCUT2D eigenvalue weighted by Gasteiger charge is -2.00. The molecular formula is C10H11N3O. The van der Waals surface area contributed by atoms with Crippen molar-refractivity contribution in [2.24, 2.45) is 10.8 Å². The maximum Gasteiger partial charge on any atom is 0.146 e. The molecule has 0 aliphatic carbocycles. The first-order chi connectivity index (χ1) is 6.86. The summed E-state index contributed by atoms with van der Waals surface area (Å²) in [6.07, 6.45) is 1.65. The normalized spacial score (nSPS) is 12.0. The third-order valence-electron chi connectivity index (χ3n) is 2.10. The van der Waals surface area contributed by atoms with Crippen LogP contribution < -0.4 is 11.3 Å². The molecule has 0 aliphatic heterocycles. The molecule has 0 radical (unpaired) electrons. The number of hydrogen-bond acceptors (Lipinski definition) is 3. The minimum absolute atomic E-state index is 0.620. The molecule has 0 fully saturated rings. The monoisotopic (exact) mass is 189 g/mol. The Morgan fingerprint density at radius 3 is 2.93 bits per heavy atom. The number of nitrogens with zero attached hydrogens (tertiary/aromatic N) is 1. The molecule has 0 atom stereocenters. The summed E-state index contributed by atoms with van der Waals surface area (Å²) < 4.78 is 5.36. The van der Waals surface area contributed by atoms with E-state index in [1.165, 1.54) is 0 Å². The standard InChI is InChI=1S/C10H11N3O/c1-12-10(13-11)8-6-14-9-5-3-2-4-7(8)9/h2-6H,11H2,1H3,(H,12,13). The van der Waals surface area contributed by atoms with E-state index in [0.717, 1.165) is 16.5 Å². The van der Waals surface area contributed by atoms with Crippen molar-refractivity contribution in [3.05, 3.63) is 36.1 Å². The lowest BCUT2D eigenvalue weighted by atomic mass is 10.1. The Morgan fingerprint density at radius 1 is 1.43 bits per heavy atom. The van der Waals surface area contributed by atoms with Crippen molar-refractivity contribution in [2.75, 3.05) is 7.05 Å². The third kappa shape index (κ3) is 1.25. The van der Waals surface area contributed by atoms with Crippen LogP contribution in [0.3, 0.4) is 0 Å². The number of fused-ring (bicyclic) bond motifs is 1. The van der Waals surface area contributed by atoms with Gasteiger partial charge in [0.15, 0.2) is 0 Å². The number of nitrogens with two attached hydrogens (primary N) is 1. The number of amidine groups is 1. The molecule has 1 aromatic heterocycles. The first-order valence-corrected chi connectivity index (χ1v) is 4.27. The predicted octanol–water partition coefficient (Wildman–Crippen LogP) is 1.27. The number of rotatable bonds is 1. The molecule has 4 nitrogen and oxygen atoms in total. The molecule has 0 saturated carbocycles. The summed E-state index contributed by atoms with van der Waals surface area (Å²) in [7, 11) is 1.68. The molecule has 0 spiro atoms. The number of para-hydroxylation sites is 1. The fourth-order valence-corrected chi connectivity index (χ4v) is 1.42. The van der Waals surface area contributed by atoms with E-state index in [4.69, 9.17) is 10.3 Å². The van der Waals surface area contributed by atoms with Gasteiger partial charge in [0.25, 0.3) is 0 Å². The summed E-state index contributed by atoms with van der Waals surface area (Å²) in [5, 5.41) is 1.01. The Labute approximate surface area is 81.4 Å². The molecule has 0 unspecified atom stereocenters. The lowest BCUT2D eigenvalue weighted by Crippen LogP contribution is -2.30. The summed E-state index contributed by atoms with van der Waals surface area (Å²) in [5.74, 6) is 5.96. The van der Waals surface area contributed by atoms with Gasteiger partial charge in [0.1, 0.15) is 17.7 Å². The average Bonchev–Trinajstić information content (AvgIpc) is 2.65. The Kier molecular flexibility index (Phi) is 2.20. The highest BCUT2D eigenvalue weighted by Crippen LogP contribution is 2.20. The zero-order valence-corrected chi connectivity index (χ0v) is 7.82. The Bertz CT molecular complexity index is 473. The first kappa shape index (κ1) is 8.77. The van der Waals surface area contributed by atoms with Gasteiger partial charge in [-0.05, 0) is 6.07 Å². The van der Waals surface area contributed by atoms with Gasteiger partial charge in [0.05, 0.1) is 5.56 Å². The highest BCUT2D eigenvalue weighted by molar-refractivity contribution is 6.08. The molecule has 0 amide bonds. The summed E-state index contributed by atoms with van der Waals surface area (Å²) >= 11 is 0. The number of aliphatic imine (C=N–C) groups is 1. The molecule has 3 N–H and O–H groups in total. The zero-order valence-electron chi connectivity index (χ0n) is 7.82. The zero-order chi connectivity index (χ0) is 9.97. The van der Waals surface area contributed by atoms with Crippen LogP contribution in [0.4, 0.5) is 0 Å². The summed E-state index contributed by atoms with van der Waals surface area (Å²) in [6, 6.07) is 7.75. The van der Waals surface area contributed by atoms with Crippen LogP contribution >= 0.6 is 0 Å². The Hall–Kier alpha value is -1.81. The predicted molar refractivity (Wildman–Crippen MR) is 56.0 cm³/mol. The SMILES string of the molecule is CN=C(NN)c1coc2ccccc12. The molecule has 0 aliphatic rings. The number of furan rings is 1. The second-order valence-electron chi connectivity index (χ2n) is 2.86. The quantitative estimate of drug-likeness (QED) is 0.307. The Morgan fingerprint density at radius 2 is 2.21 bits per heavy atom. The van der Waals surface area contributed by atoms with Crippen molar-refractivity contribution in [1.82, 2.24) is 5.43 Å². The van der Waals surface area contributed by atoms with Crippen molar-refractivity contribution in [3.63, 3.8) is 0 Å². The van der Waals surface area contributed by atoms with Gasteiger partial charge in [-0.1, -0.05) is 18.2 Å². The third-order valence-corrected chi connectivity index (χ3v) is 2.10. The van der Waals surface area contributed by atoms with Crippen molar-refractivity contribution in [3.8, 4) is 0 Å². The van der Waals surface area contributed by atoms with Crippen LogP contribution in [0.5, 0.6) is 0 Å². The lowest BCUT2D eigenvalue weighted by molar-refractivity contribution is 0.614. The van der Waals surface area contributed by atoms with Crippen molar-refractivity contribution < 1.29 is 4.42 Å². The van der Waals surface area contributed by atoms with Gasteiger partial charge in [-0.15, -0.1) is 0 Å². The van der Waals surface area contributed by atoms with E-state index in [1.54, 1.807) is 13.3 Å². The average molecular weight is 189 g/mol. The minimum Gasteiger partial charge on any atom is -0.464 e. The van der Waals surface area contributed by atoms with Crippen LogP contribution in [0.15, 0.2) is 39.9 Å². The highest BCUT2D eigenvalue weighted by atomic mass is 16.3. The molecule has 4 heteroatoms. The van der Waals surface area contributed by atoms with E-state index in [9.17, 15) is 0 Å². The highest BCUT2D eigenvalue weighted by Gasteiger charge is 2.08. The maximum atomic E-state index is 5.36. The Balaban J connectivity index is 2.63. The first-order valence-electron chi connectivity index (χ1n) is 4.27. The van der Waals surface area contributed by atoms with Crippen LogP contribution in [0.2, 0.25) is 0 Å². The van der Waals surface area contributed by atoms with E-state index in [-0.39, 0.29) is 0 Å². The van der Waals surface area contributed by atoms with Gasteiger partial charge in [0.2, 0.25) is 0 Å². The number of nitrogens with one attached hydrogen (secondary N) is 1. The van der Waals surface area contributed by atoms with E-state index in [2.05, 4.69) is 10.4 Å². The van der Waals surface area contributed by atoms with Gasteiger partial charge >= 0.3 is 0 Å². The van der Waals surface area contributed by atoms with Crippen molar-refractivity contribution in [2.45, 2.75) is 0 Å². The van der Waals surface area contributed by atoms with E-state index in [0.29, 0.717) is 5.84 Å². The fraction of sp³-hybridized carbons (Fsp3) is 0.100. The topological polar surface area (TPSA) is 63.5 Å². The number of benzene rings is 1. The van der Waals surface area contributed by atoms with Gasteiger partial charge in [-0.3, -0.25) is 4.99 Å². The van der Waals surface area contributed by atoms with Gasteiger partial charge in [-0.25, -0.2) is 5.84 Å². The molecule has 0 saturated heterocycles. The molecule has 0 bridgehead atoms. The molecule has 72 valence electrons. The second kappa shape index (κ2) is 3.51. The smallest absolute Gasteiger partial charge is 0.146 e. The van der Waals surface area contributed by atoms with Gasteiger partial charge in [-0.2, -0.15) is 0 Å². The van der Waals surface area contributed by atoms with Crippen LogP contribution in [0.25, 0.3) is 11.0 Å². The van der Waals surface area contributed by atoms with E-state index < -0.39 is 0 Å². The summed E-state index contributed by atoms with van der Waals surface area (Å²) in [5.41, 5.74) is 4.25. The number of hydrazine groups is 1. The second-order valence-corrected chi connectivity index (χ2v) is 2.86. The molecule has 1 heterocycles. The van der Waals surface area contributed by atoms with Crippen molar-refractivity contribution in [1.29, 1.82) is 0 Å². The van der Waals surface area contributed by atoms with Gasteiger partial charge in [0, 0.05) is 12.4 Å². The minimum atomic E-state index is 0.620. The fourth-order valence-electron chi connectivity index (χ4n) is 1.42. The molecule has 2 rings (SSSR count). The van der Waals surface area contributed by atoms with Crippen LogP contribution in [-0.4, -0.2) is 12.9 Å². The summed E-state index contributed by atoms with van der Waals surface area (Å²) in [6.45, 7) is 0. The van der Waals surface area contributed by atoms with E-state index >= 15 is 0 Å². The molecular weight excluding hydrogens is 178 g/mol. The summed E-state index contributed by atoms with van der Waals surface area (Å²) in [4.78, 5) is 4.02. The van der Waals surface area contributed by atoms with Gasteiger partial charge < -0.3 is 9.84 Å². The van der Waals surface area contributed by atoms with E-state index in [1.807, 2.05) is 24.3 Å². The molecule has 1 aromatic carbocycles. The van der Waals surface area contributed by atoms with Crippen molar-refractivity contribution >= 4 is 16.8 Å². The molecule has 14 heavy (non-hydrogen) atoms. The van der Waals surface area contributed by atoms with Crippen LogP contribution in [-0.2, 0) is 0 Å². The maximum absolute atomic E-state index is 5.36. The van der Waals surface area contributed by atoms with Crippen LogP contribution in [0.1, 0.15) is 5.56 Å². The largest absolute Gasteiger partial charge is 0.464 e. The van der Waals surface area contributed by atoms with Crippen LogP contribution in [0, 0.1) is 0 Å². The number of hydrogen-bond donors (Lipinski definition) is 2.